The van der Waals surface area contributed by atoms with Crippen LogP contribution in [0, 0.1) is 5.92 Å². The van der Waals surface area contributed by atoms with Crippen LogP contribution in [0.25, 0.3) is 0 Å². The number of imidazole rings is 1. The van der Waals surface area contributed by atoms with E-state index >= 15 is 0 Å². The predicted molar refractivity (Wildman–Crippen MR) is 113 cm³/mol. The van der Waals surface area contributed by atoms with Crippen LogP contribution < -0.4 is 0 Å². The van der Waals surface area contributed by atoms with Crippen molar-refractivity contribution >= 4 is 9.84 Å². The highest BCUT2D eigenvalue weighted by atomic mass is 32.2. The van der Waals surface area contributed by atoms with E-state index in [2.05, 4.69) is 30.7 Å². The molecule has 0 aliphatic carbocycles. The van der Waals surface area contributed by atoms with Gasteiger partial charge < -0.3 is 9.67 Å². The molecule has 1 aromatic rings. The van der Waals surface area contributed by atoms with Crippen LogP contribution in [0.15, 0.2) is 11.4 Å². The maximum Gasteiger partial charge on any atom is 0.227 e. The van der Waals surface area contributed by atoms with Crippen molar-refractivity contribution in [3.05, 3.63) is 11.9 Å². The number of sulfone groups is 1. The first-order valence-corrected chi connectivity index (χ1v) is 12.7. The fraction of sp³-hybridized carbons (Fsp3) is 0.857. The van der Waals surface area contributed by atoms with Crippen molar-refractivity contribution < 1.29 is 13.5 Å². The van der Waals surface area contributed by atoms with Gasteiger partial charge in [0.25, 0.3) is 0 Å². The van der Waals surface area contributed by atoms with Gasteiger partial charge in [-0.2, -0.15) is 0 Å². The molecule has 0 amide bonds. The summed E-state index contributed by atoms with van der Waals surface area (Å²) in [6.07, 6.45) is 9.55. The molecule has 6 nitrogen and oxygen atoms in total. The first-order chi connectivity index (χ1) is 13.4. The number of nitrogens with zero attached hydrogens (tertiary/aromatic N) is 3. The molecule has 28 heavy (non-hydrogen) atoms. The van der Waals surface area contributed by atoms with E-state index < -0.39 is 9.84 Å². The van der Waals surface area contributed by atoms with E-state index in [1.54, 1.807) is 6.20 Å². The Morgan fingerprint density at radius 1 is 1.29 bits per heavy atom. The average molecular weight is 414 g/mol. The maximum absolute atomic E-state index is 12.9. The summed E-state index contributed by atoms with van der Waals surface area (Å²) in [5.41, 5.74) is 0.987. The number of aliphatic hydroxyl groups excluding tert-OH is 1. The van der Waals surface area contributed by atoms with Gasteiger partial charge in [-0.15, -0.1) is 0 Å². The zero-order valence-corrected chi connectivity index (χ0v) is 18.8. The normalized spacial score (nSPS) is 18.8. The quantitative estimate of drug-likeness (QED) is 0.566. The van der Waals surface area contributed by atoms with Crippen LogP contribution in [0.5, 0.6) is 0 Å². The molecule has 0 saturated carbocycles. The number of piperidine rings is 1. The minimum absolute atomic E-state index is 0.171. The standard InChI is InChI=1S/C21H39N3O3S/c1-4-5-13-24-20(17-23-12-7-6-10-19(23)11-14-25)16-22-21(24)28(26,27)15-8-9-18(2)3/h16,18-19,25H,4-15,17H2,1-3H3. The van der Waals surface area contributed by atoms with Gasteiger partial charge in [0.1, 0.15) is 0 Å². The summed E-state index contributed by atoms with van der Waals surface area (Å²) in [6, 6.07) is 0.374. The van der Waals surface area contributed by atoms with Gasteiger partial charge >= 0.3 is 0 Å². The lowest BCUT2D eigenvalue weighted by Gasteiger charge is -2.35. The Morgan fingerprint density at radius 2 is 2.07 bits per heavy atom. The van der Waals surface area contributed by atoms with Crippen LogP contribution in [0.2, 0.25) is 0 Å². The van der Waals surface area contributed by atoms with Gasteiger partial charge in [-0.05, 0) is 51.0 Å². The van der Waals surface area contributed by atoms with Gasteiger partial charge in [0.15, 0.2) is 0 Å². The Kier molecular flexibility index (Phi) is 9.44. The first-order valence-electron chi connectivity index (χ1n) is 11.0. The van der Waals surface area contributed by atoms with Crippen LogP contribution in [0.4, 0.5) is 0 Å². The van der Waals surface area contributed by atoms with Crippen molar-refractivity contribution in [1.29, 1.82) is 0 Å². The number of hydrogen-bond donors (Lipinski definition) is 1. The molecule has 1 aliphatic rings. The van der Waals surface area contributed by atoms with Crippen molar-refractivity contribution in [2.75, 3.05) is 18.9 Å². The second kappa shape index (κ2) is 11.3. The van der Waals surface area contributed by atoms with Crippen LogP contribution >= 0.6 is 0 Å². The summed E-state index contributed by atoms with van der Waals surface area (Å²) >= 11 is 0. The number of rotatable bonds is 12. The Hall–Kier alpha value is -0.920. The summed E-state index contributed by atoms with van der Waals surface area (Å²) in [5.74, 6) is 0.679. The van der Waals surface area contributed by atoms with Crippen molar-refractivity contribution in [2.24, 2.45) is 5.92 Å². The van der Waals surface area contributed by atoms with E-state index in [4.69, 9.17) is 0 Å². The molecule has 1 aromatic heterocycles. The third-order valence-corrected chi connectivity index (χ3v) is 7.39. The number of unbranched alkanes of at least 4 members (excludes halogenated alkanes) is 1. The highest BCUT2D eigenvalue weighted by Gasteiger charge is 2.27. The first kappa shape index (κ1) is 23.4. The van der Waals surface area contributed by atoms with E-state index in [1.807, 2.05) is 4.57 Å². The molecular weight excluding hydrogens is 374 g/mol. The van der Waals surface area contributed by atoms with Gasteiger partial charge in [0.05, 0.1) is 17.6 Å². The van der Waals surface area contributed by atoms with Crippen LogP contribution in [0.3, 0.4) is 0 Å². The fourth-order valence-corrected chi connectivity index (χ4v) is 5.53. The summed E-state index contributed by atoms with van der Waals surface area (Å²) in [6.45, 7) is 8.97. The lowest BCUT2D eigenvalue weighted by Crippen LogP contribution is -2.40. The summed E-state index contributed by atoms with van der Waals surface area (Å²) < 4.78 is 27.8. The molecule has 1 fully saturated rings. The maximum atomic E-state index is 12.9. The lowest BCUT2D eigenvalue weighted by atomic mass is 9.99. The highest BCUT2D eigenvalue weighted by molar-refractivity contribution is 7.91. The van der Waals surface area contributed by atoms with Crippen molar-refractivity contribution in [3.8, 4) is 0 Å². The second-order valence-corrected chi connectivity index (χ2v) is 10.5. The average Bonchev–Trinajstić information content (AvgIpc) is 3.04. The minimum atomic E-state index is -3.37. The molecular formula is C21H39N3O3S. The molecule has 0 aromatic carbocycles. The summed E-state index contributed by atoms with van der Waals surface area (Å²) in [5, 5.41) is 9.63. The number of hydrogen-bond acceptors (Lipinski definition) is 5. The highest BCUT2D eigenvalue weighted by Crippen LogP contribution is 2.24. The van der Waals surface area contributed by atoms with Gasteiger partial charge in [0.2, 0.25) is 15.0 Å². The molecule has 0 radical (unpaired) electrons. The molecule has 1 saturated heterocycles. The molecule has 0 bridgehead atoms. The van der Waals surface area contributed by atoms with E-state index in [0.29, 0.717) is 31.5 Å². The van der Waals surface area contributed by atoms with Gasteiger partial charge in [-0.3, -0.25) is 4.90 Å². The lowest BCUT2D eigenvalue weighted by molar-refractivity contribution is 0.109. The molecule has 7 heteroatoms. The van der Waals surface area contributed by atoms with Crippen molar-refractivity contribution in [3.63, 3.8) is 0 Å². The minimum Gasteiger partial charge on any atom is -0.396 e. The smallest absolute Gasteiger partial charge is 0.227 e. The fourth-order valence-electron chi connectivity index (χ4n) is 4.05. The number of aliphatic hydroxyl groups is 1. The largest absolute Gasteiger partial charge is 0.396 e. The summed E-state index contributed by atoms with van der Waals surface area (Å²) in [4.78, 5) is 6.77. The predicted octanol–water partition coefficient (Wildman–Crippen LogP) is 3.63. The third-order valence-electron chi connectivity index (χ3n) is 5.69. The molecule has 162 valence electrons. The SMILES string of the molecule is CCCCn1c(CN2CCCCC2CCO)cnc1S(=O)(=O)CCCC(C)C. The number of aromatic nitrogens is 2. The van der Waals surface area contributed by atoms with Crippen molar-refractivity contribution in [1.82, 2.24) is 14.5 Å². The molecule has 1 atom stereocenters. The molecule has 1 N–H and O–H groups in total. The molecule has 2 rings (SSSR count). The third kappa shape index (κ3) is 6.56. The zero-order valence-electron chi connectivity index (χ0n) is 17.9. The Morgan fingerprint density at radius 3 is 2.75 bits per heavy atom. The van der Waals surface area contributed by atoms with Crippen LogP contribution in [-0.4, -0.2) is 52.9 Å². The molecule has 2 heterocycles. The molecule has 0 spiro atoms. The molecule has 1 aliphatic heterocycles. The molecule has 1 unspecified atom stereocenters. The van der Waals surface area contributed by atoms with Gasteiger partial charge in [-0.25, -0.2) is 13.4 Å². The van der Waals surface area contributed by atoms with Crippen LogP contribution in [0.1, 0.15) is 77.8 Å². The summed E-state index contributed by atoms with van der Waals surface area (Å²) in [7, 11) is -3.37. The van der Waals surface area contributed by atoms with E-state index in [0.717, 1.165) is 50.8 Å². The van der Waals surface area contributed by atoms with Crippen molar-refractivity contribution in [2.45, 2.75) is 96.4 Å². The second-order valence-electron chi connectivity index (χ2n) is 8.52. The Balaban J connectivity index is 2.20. The van der Waals surface area contributed by atoms with E-state index in [1.165, 1.54) is 6.42 Å². The van der Waals surface area contributed by atoms with Gasteiger partial charge in [-0.1, -0.05) is 33.6 Å². The van der Waals surface area contributed by atoms with E-state index in [-0.39, 0.29) is 17.5 Å². The Labute approximate surface area is 171 Å². The van der Waals surface area contributed by atoms with Crippen LogP contribution in [-0.2, 0) is 22.9 Å². The zero-order chi connectivity index (χ0) is 20.6. The topological polar surface area (TPSA) is 75.4 Å². The van der Waals surface area contributed by atoms with Gasteiger partial charge in [0, 0.05) is 25.7 Å². The van der Waals surface area contributed by atoms with E-state index in [9.17, 15) is 13.5 Å². The Bertz CT molecular complexity index is 683. The monoisotopic (exact) mass is 413 g/mol. The number of likely N-dealkylation sites (tertiary alicyclic amines) is 1.